The van der Waals surface area contributed by atoms with E-state index in [-0.39, 0.29) is 12.5 Å². The van der Waals surface area contributed by atoms with Crippen molar-refractivity contribution in [3.8, 4) is 0 Å². The van der Waals surface area contributed by atoms with Crippen LogP contribution in [0.25, 0.3) is 0 Å². The van der Waals surface area contributed by atoms with Gasteiger partial charge in [-0.1, -0.05) is 48.5 Å². The van der Waals surface area contributed by atoms with Gasteiger partial charge in [-0.3, -0.25) is 9.59 Å². The lowest BCUT2D eigenvalue weighted by Crippen LogP contribution is -2.39. The predicted molar refractivity (Wildman–Crippen MR) is 89.9 cm³/mol. The molecule has 3 rings (SSSR count). The van der Waals surface area contributed by atoms with E-state index in [9.17, 15) is 14.7 Å². The van der Waals surface area contributed by atoms with Gasteiger partial charge in [0.1, 0.15) is 12.0 Å². The summed E-state index contributed by atoms with van der Waals surface area (Å²) in [4.78, 5) is 25.7. The number of ether oxygens (including phenoxy) is 1. The van der Waals surface area contributed by atoms with E-state index in [4.69, 9.17) is 4.74 Å². The maximum absolute atomic E-state index is 12.7. The van der Waals surface area contributed by atoms with Crippen molar-refractivity contribution in [2.45, 2.75) is 25.6 Å². The number of nitrogens with zero attached hydrogens (tertiary/aromatic N) is 1. The Morgan fingerprint density at radius 3 is 2.54 bits per heavy atom. The summed E-state index contributed by atoms with van der Waals surface area (Å²) in [6, 6.07) is 16.8. The van der Waals surface area contributed by atoms with Crippen molar-refractivity contribution >= 4 is 17.6 Å². The first-order chi connectivity index (χ1) is 11.6. The van der Waals surface area contributed by atoms with Crippen LogP contribution in [-0.2, 0) is 20.9 Å². The van der Waals surface area contributed by atoms with Crippen LogP contribution in [0, 0.1) is 0 Å². The van der Waals surface area contributed by atoms with Gasteiger partial charge in [-0.05, 0) is 24.1 Å². The minimum Gasteiger partial charge on any atom is -0.481 e. The molecule has 0 spiro atoms. The second-order valence-corrected chi connectivity index (χ2v) is 5.84. The molecule has 0 aromatic heterocycles. The quantitative estimate of drug-likeness (QED) is 0.918. The van der Waals surface area contributed by atoms with Crippen molar-refractivity contribution in [2.24, 2.45) is 0 Å². The van der Waals surface area contributed by atoms with E-state index in [0.717, 1.165) is 5.56 Å². The Morgan fingerprint density at radius 1 is 1.17 bits per heavy atom. The van der Waals surface area contributed by atoms with E-state index in [1.807, 2.05) is 30.3 Å². The molecule has 1 N–H and O–H groups in total. The molecule has 2 aromatic rings. The molecule has 0 saturated carbocycles. The minimum atomic E-state index is -0.921. The first-order valence-electron chi connectivity index (χ1n) is 7.86. The molecule has 1 amide bonds. The van der Waals surface area contributed by atoms with E-state index >= 15 is 0 Å². The molecule has 0 saturated heterocycles. The first kappa shape index (κ1) is 16.2. The number of hydrogen-bond acceptors (Lipinski definition) is 3. The van der Waals surface area contributed by atoms with E-state index in [1.54, 1.807) is 31.2 Å². The van der Waals surface area contributed by atoms with Gasteiger partial charge >= 0.3 is 5.97 Å². The molecule has 0 bridgehead atoms. The van der Waals surface area contributed by atoms with Crippen LogP contribution in [0.3, 0.4) is 0 Å². The third-order valence-electron chi connectivity index (χ3n) is 4.22. The molecule has 0 unspecified atom stereocenters. The van der Waals surface area contributed by atoms with Gasteiger partial charge in [-0.15, -0.1) is 0 Å². The fraction of sp³-hybridized carbons (Fsp3) is 0.263. The zero-order valence-electron chi connectivity index (χ0n) is 13.4. The van der Waals surface area contributed by atoms with Crippen molar-refractivity contribution in [3.05, 3.63) is 65.7 Å². The molecule has 2 aromatic carbocycles. The molecule has 1 aliphatic heterocycles. The molecule has 5 heteroatoms. The van der Waals surface area contributed by atoms with Gasteiger partial charge in [0.25, 0.3) is 5.91 Å². The topological polar surface area (TPSA) is 66.8 Å². The number of fused-ring (bicyclic) bond motifs is 1. The number of para-hydroxylation sites is 1. The molecular weight excluding hydrogens is 306 g/mol. The summed E-state index contributed by atoms with van der Waals surface area (Å²) >= 11 is 0. The number of amides is 1. The lowest BCUT2D eigenvalue weighted by Gasteiger charge is -2.22. The number of aliphatic carboxylic acids is 1. The molecule has 0 fully saturated rings. The number of benzene rings is 2. The smallest absolute Gasteiger partial charge is 0.312 e. The summed E-state index contributed by atoms with van der Waals surface area (Å²) in [7, 11) is 0. The van der Waals surface area contributed by atoms with E-state index in [2.05, 4.69) is 0 Å². The second-order valence-electron chi connectivity index (χ2n) is 5.84. The Morgan fingerprint density at radius 2 is 1.83 bits per heavy atom. The van der Waals surface area contributed by atoms with Gasteiger partial charge in [-0.2, -0.15) is 0 Å². The summed E-state index contributed by atoms with van der Waals surface area (Å²) in [6.45, 7) is 2.18. The van der Waals surface area contributed by atoms with Crippen LogP contribution in [0.4, 0.5) is 5.69 Å². The number of carbonyl (C=O) groups excluding carboxylic acids is 1. The molecule has 124 valence electrons. The summed E-state index contributed by atoms with van der Waals surface area (Å²) in [5, 5.41) is 9.38. The zero-order chi connectivity index (χ0) is 17.1. The van der Waals surface area contributed by atoms with Gasteiger partial charge in [0.2, 0.25) is 0 Å². The van der Waals surface area contributed by atoms with E-state index in [0.29, 0.717) is 17.9 Å². The van der Waals surface area contributed by atoms with Crippen LogP contribution in [-0.4, -0.2) is 29.6 Å². The Labute approximate surface area is 140 Å². The van der Waals surface area contributed by atoms with Crippen LogP contribution in [0.5, 0.6) is 0 Å². The van der Waals surface area contributed by atoms with Crippen LogP contribution in [0.1, 0.15) is 24.0 Å². The highest BCUT2D eigenvalue weighted by Gasteiger charge is 2.37. The van der Waals surface area contributed by atoms with Crippen molar-refractivity contribution in [1.29, 1.82) is 0 Å². The maximum Gasteiger partial charge on any atom is 0.312 e. The number of carboxylic acid groups (broad SMARTS) is 1. The van der Waals surface area contributed by atoms with Gasteiger partial charge in [-0.25, -0.2) is 0 Å². The number of carbonyl (C=O) groups is 2. The maximum atomic E-state index is 12.7. The lowest BCUT2D eigenvalue weighted by molar-refractivity contribution is -0.138. The number of rotatable bonds is 5. The van der Waals surface area contributed by atoms with Crippen LogP contribution >= 0.6 is 0 Å². The Hall–Kier alpha value is -2.66. The normalized spacial score (nSPS) is 17.4. The Balaban J connectivity index is 1.72. The van der Waals surface area contributed by atoms with Crippen LogP contribution < -0.4 is 4.90 Å². The summed E-state index contributed by atoms with van der Waals surface area (Å²) < 4.78 is 5.67. The fourth-order valence-corrected chi connectivity index (χ4v) is 2.91. The highest BCUT2D eigenvalue weighted by Crippen LogP contribution is 2.36. The van der Waals surface area contributed by atoms with Gasteiger partial charge in [0.05, 0.1) is 6.61 Å². The third kappa shape index (κ3) is 3.16. The standard InChI is InChI=1S/C19H19NO4/c1-13(24-12-14-7-3-2-4-8-14)18(21)20-11-16(19(22)23)15-9-5-6-10-17(15)20/h2-10,13,16H,11-12H2,1H3,(H,22,23)/t13-,16-/m1/s1. The monoisotopic (exact) mass is 325 g/mol. The third-order valence-corrected chi connectivity index (χ3v) is 4.22. The van der Waals surface area contributed by atoms with E-state index < -0.39 is 18.0 Å². The first-order valence-corrected chi connectivity index (χ1v) is 7.86. The second kappa shape index (κ2) is 6.84. The average Bonchev–Trinajstić information content (AvgIpc) is 3.00. The molecule has 2 atom stereocenters. The Kier molecular flexibility index (Phi) is 4.62. The highest BCUT2D eigenvalue weighted by atomic mass is 16.5. The van der Waals surface area contributed by atoms with Crippen molar-refractivity contribution in [1.82, 2.24) is 0 Å². The SMILES string of the molecule is C[C@@H](OCc1ccccc1)C(=O)N1C[C@@H](C(=O)O)c2ccccc21. The zero-order valence-corrected chi connectivity index (χ0v) is 13.4. The summed E-state index contributed by atoms with van der Waals surface area (Å²) in [6.07, 6.45) is -0.647. The highest BCUT2D eigenvalue weighted by molar-refractivity contribution is 6.01. The summed E-state index contributed by atoms with van der Waals surface area (Å²) in [5.41, 5.74) is 2.32. The summed E-state index contributed by atoms with van der Waals surface area (Å²) in [5.74, 6) is -1.83. The van der Waals surface area contributed by atoms with Crippen LogP contribution in [0.15, 0.2) is 54.6 Å². The predicted octanol–water partition coefficient (Wildman–Crippen LogP) is 2.81. The molecule has 1 heterocycles. The number of carboxylic acids is 1. The average molecular weight is 325 g/mol. The Bertz CT molecular complexity index is 744. The van der Waals surface area contributed by atoms with Crippen molar-refractivity contribution < 1.29 is 19.4 Å². The van der Waals surface area contributed by atoms with Crippen LogP contribution in [0.2, 0.25) is 0 Å². The van der Waals surface area contributed by atoms with Gasteiger partial charge in [0, 0.05) is 12.2 Å². The van der Waals surface area contributed by atoms with Crippen molar-refractivity contribution in [2.75, 3.05) is 11.4 Å². The molecule has 1 aliphatic rings. The van der Waals surface area contributed by atoms with Gasteiger partial charge < -0.3 is 14.7 Å². The molecular formula is C19H19NO4. The van der Waals surface area contributed by atoms with Crippen molar-refractivity contribution in [3.63, 3.8) is 0 Å². The number of hydrogen-bond donors (Lipinski definition) is 1. The molecule has 0 aliphatic carbocycles. The lowest BCUT2D eigenvalue weighted by atomic mass is 10.0. The molecule has 0 radical (unpaired) electrons. The molecule has 5 nitrogen and oxygen atoms in total. The minimum absolute atomic E-state index is 0.145. The largest absolute Gasteiger partial charge is 0.481 e. The van der Waals surface area contributed by atoms with Gasteiger partial charge in [0.15, 0.2) is 0 Å². The fourth-order valence-electron chi connectivity index (χ4n) is 2.91. The van der Waals surface area contributed by atoms with E-state index in [1.165, 1.54) is 4.90 Å². The number of anilines is 1. The molecule has 24 heavy (non-hydrogen) atoms.